The van der Waals surface area contributed by atoms with Gasteiger partial charge >= 0.3 is 0 Å². The second-order valence-corrected chi connectivity index (χ2v) is 13.3. The van der Waals surface area contributed by atoms with E-state index in [-0.39, 0.29) is 17.4 Å². The molecule has 2 aromatic carbocycles. The Bertz CT molecular complexity index is 1490. The number of hydrogen-bond acceptors (Lipinski definition) is 5. The maximum absolute atomic E-state index is 13.9. The Labute approximate surface area is 221 Å². The van der Waals surface area contributed by atoms with Crippen molar-refractivity contribution in [3.8, 4) is 6.07 Å². The molecule has 1 aromatic heterocycles. The fourth-order valence-corrected chi connectivity index (χ4v) is 7.66. The molecule has 3 aromatic rings. The average Bonchev–Trinajstić information content (AvgIpc) is 3.52. The Morgan fingerprint density at radius 3 is 2.66 bits per heavy atom. The van der Waals surface area contributed by atoms with Crippen LogP contribution < -0.4 is 4.90 Å². The lowest BCUT2D eigenvalue weighted by Gasteiger charge is -2.40. The monoisotopic (exact) mass is 539 g/mol. The summed E-state index contributed by atoms with van der Waals surface area (Å²) in [6.07, 6.45) is 6.78. The number of hydrogen-bond donors (Lipinski definition) is 1. The third-order valence-corrected chi connectivity index (χ3v) is 10.3. The zero-order chi connectivity index (χ0) is 26.7. The first-order chi connectivity index (χ1) is 18.2. The van der Waals surface area contributed by atoms with Gasteiger partial charge in [0.25, 0.3) is 0 Å². The highest BCUT2D eigenvalue weighted by Crippen LogP contribution is 2.63. The summed E-state index contributed by atoms with van der Waals surface area (Å²) in [5, 5.41) is 9.36. The number of nitrogens with one attached hydrogen (secondary N) is 1. The number of fused-ring (bicyclic) bond motifs is 2. The van der Waals surface area contributed by atoms with Crippen molar-refractivity contribution in [2.75, 3.05) is 30.8 Å². The number of aromatic amines is 1. The molecule has 2 saturated carbocycles. The van der Waals surface area contributed by atoms with Crippen LogP contribution in [-0.4, -0.2) is 54.6 Å². The van der Waals surface area contributed by atoms with E-state index in [1.807, 2.05) is 18.2 Å². The number of nitrogens with zero attached hydrogens (tertiary/aromatic N) is 4. The van der Waals surface area contributed by atoms with E-state index in [0.29, 0.717) is 48.1 Å². The summed E-state index contributed by atoms with van der Waals surface area (Å²) in [6.45, 7) is 1.70. The molecule has 6 rings (SSSR count). The number of imidazole rings is 1. The molecule has 1 saturated heterocycles. The molecule has 0 unspecified atom stereocenters. The van der Waals surface area contributed by atoms with Crippen LogP contribution in [0.15, 0.2) is 36.4 Å². The lowest BCUT2D eigenvalue weighted by atomic mass is 9.79. The third-order valence-electron chi connectivity index (χ3n) is 9.00. The molecule has 38 heavy (non-hydrogen) atoms. The summed E-state index contributed by atoms with van der Waals surface area (Å²) in [4.78, 5) is 10.2. The van der Waals surface area contributed by atoms with E-state index < -0.39 is 21.7 Å². The van der Waals surface area contributed by atoms with Crippen molar-refractivity contribution in [2.24, 2.45) is 11.8 Å². The lowest BCUT2D eigenvalue weighted by Crippen LogP contribution is -2.46. The van der Waals surface area contributed by atoms with Crippen LogP contribution in [0, 0.1) is 34.8 Å². The van der Waals surface area contributed by atoms with Gasteiger partial charge in [0.2, 0.25) is 16.0 Å². The zero-order valence-corrected chi connectivity index (χ0v) is 22.1. The topological polar surface area (TPSA) is 93.1 Å². The molecule has 3 atom stereocenters. The van der Waals surface area contributed by atoms with E-state index in [9.17, 15) is 22.5 Å². The number of rotatable bonds is 6. The van der Waals surface area contributed by atoms with Gasteiger partial charge < -0.3 is 9.88 Å². The number of aromatic nitrogens is 2. The smallest absolute Gasteiger partial charge is 0.211 e. The Morgan fingerprint density at radius 2 is 1.95 bits per heavy atom. The second-order valence-electron chi connectivity index (χ2n) is 11.3. The minimum absolute atomic E-state index is 0.121. The predicted molar refractivity (Wildman–Crippen MR) is 141 cm³/mol. The highest BCUT2D eigenvalue weighted by molar-refractivity contribution is 7.88. The van der Waals surface area contributed by atoms with Crippen molar-refractivity contribution in [3.05, 3.63) is 59.2 Å². The zero-order valence-electron chi connectivity index (χ0n) is 21.3. The van der Waals surface area contributed by atoms with E-state index in [2.05, 4.69) is 27.0 Å². The first kappa shape index (κ1) is 25.3. The molecule has 2 aliphatic carbocycles. The molecule has 0 spiro atoms. The number of nitriles is 1. The van der Waals surface area contributed by atoms with Crippen molar-refractivity contribution in [1.29, 1.82) is 5.26 Å². The fraction of sp³-hybridized carbons (Fsp3) is 0.500. The van der Waals surface area contributed by atoms with Crippen LogP contribution in [0.25, 0.3) is 11.0 Å². The van der Waals surface area contributed by atoms with Crippen LogP contribution in [0.5, 0.6) is 0 Å². The molecular weight excluding hydrogens is 508 g/mol. The van der Waals surface area contributed by atoms with Crippen LogP contribution in [0.1, 0.15) is 49.7 Å². The number of anilines is 1. The number of halogens is 2. The molecule has 10 heteroatoms. The number of piperidine rings is 1. The quantitative estimate of drug-likeness (QED) is 0.490. The molecule has 1 aliphatic heterocycles. The van der Waals surface area contributed by atoms with Gasteiger partial charge in [0, 0.05) is 37.8 Å². The highest BCUT2D eigenvalue weighted by Gasteiger charge is 2.58. The number of H-pyrrole nitrogens is 1. The van der Waals surface area contributed by atoms with Crippen LogP contribution in [0.2, 0.25) is 0 Å². The van der Waals surface area contributed by atoms with Gasteiger partial charge in [-0.15, -0.1) is 0 Å². The molecule has 1 N–H and O–H groups in total. The van der Waals surface area contributed by atoms with E-state index >= 15 is 0 Å². The van der Waals surface area contributed by atoms with Crippen molar-refractivity contribution in [2.45, 2.75) is 50.0 Å². The summed E-state index contributed by atoms with van der Waals surface area (Å²) in [5.41, 5.74) is 2.90. The fourth-order valence-electron chi connectivity index (χ4n) is 6.78. The van der Waals surface area contributed by atoms with Crippen molar-refractivity contribution >= 4 is 27.0 Å². The molecule has 200 valence electrons. The lowest BCUT2D eigenvalue weighted by molar-refractivity contribution is 0.264. The summed E-state index contributed by atoms with van der Waals surface area (Å²) < 4.78 is 53.4. The van der Waals surface area contributed by atoms with Crippen LogP contribution in [0.4, 0.5) is 14.7 Å². The molecular formula is C28H31F2N5O2S. The molecule has 0 bridgehead atoms. The normalized spacial score (nSPS) is 26.2. The van der Waals surface area contributed by atoms with Gasteiger partial charge in [-0.2, -0.15) is 5.26 Å². The van der Waals surface area contributed by atoms with E-state index in [4.69, 9.17) is 0 Å². The standard InChI is InChI=1S/C28H31F2N5O2S/c1-38(36,37)34-9-6-18(7-10-34)17-35(27-32-25-13-23(29)24(30)14-26(25)33-27)22-5-8-28(15-21(28)12-22)20-4-2-3-19(11-20)16-31/h2-4,11,13-14,18,21-22H,5-10,12,15,17H2,1H3,(H,32,33)/t21-,22+,28+/m0/s1. The predicted octanol–water partition coefficient (Wildman–Crippen LogP) is 4.70. The van der Waals surface area contributed by atoms with Crippen LogP contribution in [0.3, 0.4) is 0 Å². The van der Waals surface area contributed by atoms with E-state index in [1.165, 1.54) is 16.1 Å². The third kappa shape index (κ3) is 4.56. The largest absolute Gasteiger partial charge is 0.339 e. The van der Waals surface area contributed by atoms with Crippen molar-refractivity contribution < 1.29 is 17.2 Å². The van der Waals surface area contributed by atoms with Crippen molar-refractivity contribution in [1.82, 2.24) is 14.3 Å². The van der Waals surface area contributed by atoms with Gasteiger partial charge in [0.15, 0.2) is 11.6 Å². The summed E-state index contributed by atoms with van der Waals surface area (Å²) in [6, 6.07) is 12.7. The number of sulfonamides is 1. The first-order valence-corrected chi connectivity index (χ1v) is 15.1. The minimum atomic E-state index is -3.21. The van der Waals surface area contributed by atoms with Gasteiger partial charge in [0.1, 0.15) is 0 Å². The summed E-state index contributed by atoms with van der Waals surface area (Å²) in [5.74, 6) is -0.431. The van der Waals surface area contributed by atoms with Crippen molar-refractivity contribution in [3.63, 3.8) is 0 Å². The summed E-state index contributed by atoms with van der Waals surface area (Å²) in [7, 11) is -3.21. The molecule has 2 heterocycles. The maximum atomic E-state index is 13.9. The van der Waals surface area contributed by atoms with Gasteiger partial charge in [-0.3, -0.25) is 0 Å². The average molecular weight is 540 g/mol. The van der Waals surface area contributed by atoms with Gasteiger partial charge in [-0.1, -0.05) is 12.1 Å². The Hall–Kier alpha value is -3.03. The second kappa shape index (κ2) is 9.31. The number of benzene rings is 2. The first-order valence-electron chi connectivity index (χ1n) is 13.2. The Kier molecular flexibility index (Phi) is 6.19. The van der Waals surface area contributed by atoms with E-state index in [0.717, 1.165) is 50.7 Å². The van der Waals surface area contributed by atoms with Gasteiger partial charge in [-0.05, 0) is 73.5 Å². The minimum Gasteiger partial charge on any atom is -0.339 e. The van der Waals surface area contributed by atoms with Gasteiger partial charge in [-0.25, -0.2) is 26.5 Å². The Balaban J connectivity index is 1.25. The SMILES string of the molecule is CS(=O)(=O)N1CCC(CN(c2nc3cc(F)c(F)cc3[nH]2)[C@@H]2CC[C@]3(c4cccc(C#N)c4)C[C@@H]3C2)CC1. The molecule has 0 amide bonds. The summed E-state index contributed by atoms with van der Waals surface area (Å²) >= 11 is 0. The van der Waals surface area contributed by atoms with Crippen LogP contribution >= 0.6 is 0 Å². The molecule has 7 nitrogen and oxygen atoms in total. The molecule has 3 fully saturated rings. The molecule has 0 radical (unpaired) electrons. The van der Waals surface area contributed by atoms with E-state index in [1.54, 1.807) is 0 Å². The van der Waals surface area contributed by atoms with Gasteiger partial charge in [0.05, 0.1) is 28.9 Å². The maximum Gasteiger partial charge on any atom is 0.211 e. The van der Waals surface area contributed by atoms with Crippen LogP contribution in [-0.2, 0) is 15.4 Å². The highest BCUT2D eigenvalue weighted by atomic mass is 32.2. The molecule has 3 aliphatic rings. The Morgan fingerprint density at radius 1 is 1.18 bits per heavy atom.